The molecule has 2 aromatic carbocycles. The summed E-state index contributed by atoms with van der Waals surface area (Å²) in [5, 5.41) is 0.706. The number of anilines is 1. The van der Waals surface area contributed by atoms with E-state index in [-0.39, 0.29) is 0 Å². The minimum atomic E-state index is -3.56. The Bertz CT molecular complexity index is 1290. The number of benzene rings is 2. The predicted octanol–water partition coefficient (Wildman–Crippen LogP) is 4.77. The van der Waals surface area contributed by atoms with E-state index in [1.54, 1.807) is 4.31 Å². The number of rotatable bonds is 5. The molecular formula is C26H31ClN4O2S. The van der Waals surface area contributed by atoms with Crippen molar-refractivity contribution in [2.75, 3.05) is 31.1 Å². The molecule has 0 unspecified atom stereocenters. The molecule has 2 heterocycles. The number of nitrogens with zero attached hydrogens (tertiary/aromatic N) is 4. The quantitative estimate of drug-likeness (QED) is 0.506. The van der Waals surface area contributed by atoms with Crippen LogP contribution in [0.2, 0.25) is 5.02 Å². The van der Waals surface area contributed by atoms with Crippen molar-refractivity contribution in [2.24, 2.45) is 0 Å². The molecule has 180 valence electrons. The Kier molecular flexibility index (Phi) is 6.99. The number of sulfonamides is 1. The third-order valence-electron chi connectivity index (χ3n) is 6.34. The van der Waals surface area contributed by atoms with Gasteiger partial charge in [0.25, 0.3) is 0 Å². The second-order valence-corrected chi connectivity index (χ2v) is 11.4. The number of halogens is 1. The molecule has 0 saturated carbocycles. The zero-order chi connectivity index (χ0) is 24.6. The maximum atomic E-state index is 13.5. The van der Waals surface area contributed by atoms with E-state index in [2.05, 4.69) is 9.88 Å². The standard InChI is InChI=1S/C26H31ClN4O2S/c1-17-14-18(2)25(19(3)15-17)34(32,33)31-12-10-30(11-13-31)26-24(20(4)28-21(5)29-26)16-22-6-8-23(27)9-7-22/h6-9,14-15H,10-13,16H2,1-5H3. The molecule has 3 aromatic rings. The zero-order valence-corrected chi connectivity index (χ0v) is 22.0. The molecule has 1 saturated heterocycles. The van der Waals surface area contributed by atoms with Gasteiger partial charge in [-0.25, -0.2) is 18.4 Å². The Balaban J connectivity index is 1.58. The second kappa shape index (κ2) is 9.64. The van der Waals surface area contributed by atoms with Crippen molar-refractivity contribution in [3.63, 3.8) is 0 Å². The maximum Gasteiger partial charge on any atom is 0.243 e. The fraction of sp³-hybridized carbons (Fsp3) is 0.385. The number of hydrogen-bond donors (Lipinski definition) is 0. The van der Waals surface area contributed by atoms with Gasteiger partial charge < -0.3 is 4.90 Å². The lowest BCUT2D eigenvalue weighted by molar-refractivity contribution is 0.383. The summed E-state index contributed by atoms with van der Waals surface area (Å²) in [6.45, 7) is 11.6. The third kappa shape index (κ3) is 4.97. The van der Waals surface area contributed by atoms with Crippen molar-refractivity contribution < 1.29 is 8.42 Å². The number of piperazine rings is 1. The molecule has 0 atom stereocenters. The van der Waals surface area contributed by atoms with Crippen LogP contribution in [0.3, 0.4) is 0 Å². The number of aromatic nitrogens is 2. The van der Waals surface area contributed by atoms with Gasteiger partial charge in [0.1, 0.15) is 11.6 Å². The van der Waals surface area contributed by atoms with E-state index in [0.717, 1.165) is 39.3 Å². The summed E-state index contributed by atoms with van der Waals surface area (Å²) in [4.78, 5) is 12.0. The Morgan fingerprint density at radius 1 is 0.882 bits per heavy atom. The molecule has 1 aromatic heterocycles. The molecule has 0 aliphatic carbocycles. The summed E-state index contributed by atoms with van der Waals surface area (Å²) >= 11 is 6.05. The van der Waals surface area contributed by atoms with E-state index < -0.39 is 10.0 Å². The van der Waals surface area contributed by atoms with Crippen molar-refractivity contribution in [2.45, 2.75) is 45.9 Å². The summed E-state index contributed by atoms with van der Waals surface area (Å²) in [6.07, 6.45) is 0.693. The van der Waals surface area contributed by atoms with Gasteiger partial charge >= 0.3 is 0 Å². The van der Waals surface area contributed by atoms with Crippen LogP contribution in [0.4, 0.5) is 5.82 Å². The lowest BCUT2D eigenvalue weighted by atomic mass is 10.0. The molecule has 0 spiro atoms. The molecule has 4 rings (SSSR count). The first-order valence-corrected chi connectivity index (χ1v) is 13.3. The molecule has 1 fully saturated rings. The van der Waals surface area contributed by atoms with E-state index in [9.17, 15) is 8.42 Å². The van der Waals surface area contributed by atoms with Gasteiger partial charge in [0.2, 0.25) is 10.0 Å². The molecule has 0 amide bonds. The normalized spacial score (nSPS) is 15.1. The van der Waals surface area contributed by atoms with E-state index >= 15 is 0 Å². The fourth-order valence-corrected chi connectivity index (χ4v) is 6.80. The molecular weight excluding hydrogens is 468 g/mol. The van der Waals surface area contributed by atoms with Crippen LogP contribution < -0.4 is 4.90 Å². The van der Waals surface area contributed by atoms with Crippen molar-refractivity contribution in [1.82, 2.24) is 14.3 Å². The van der Waals surface area contributed by atoms with Gasteiger partial charge in [0, 0.05) is 48.9 Å². The minimum absolute atomic E-state index is 0.414. The van der Waals surface area contributed by atoms with Gasteiger partial charge in [0.15, 0.2) is 0 Å². The lowest BCUT2D eigenvalue weighted by Crippen LogP contribution is -2.49. The van der Waals surface area contributed by atoms with Gasteiger partial charge in [-0.05, 0) is 63.4 Å². The fourth-order valence-electron chi connectivity index (χ4n) is 4.84. The van der Waals surface area contributed by atoms with Crippen molar-refractivity contribution in [3.05, 3.63) is 80.8 Å². The van der Waals surface area contributed by atoms with E-state index in [1.165, 1.54) is 0 Å². The summed E-state index contributed by atoms with van der Waals surface area (Å²) in [5.74, 6) is 1.60. The molecule has 0 N–H and O–H groups in total. The highest BCUT2D eigenvalue weighted by Crippen LogP contribution is 2.29. The third-order valence-corrected chi connectivity index (χ3v) is 8.80. The minimum Gasteiger partial charge on any atom is -0.354 e. The highest BCUT2D eigenvalue weighted by molar-refractivity contribution is 7.89. The van der Waals surface area contributed by atoms with Gasteiger partial charge in [-0.3, -0.25) is 0 Å². The van der Waals surface area contributed by atoms with E-state index in [0.29, 0.717) is 48.3 Å². The number of aryl methyl sites for hydroxylation is 5. The van der Waals surface area contributed by atoms with Gasteiger partial charge in [-0.2, -0.15) is 4.31 Å². The summed E-state index contributed by atoms with van der Waals surface area (Å²) in [6, 6.07) is 11.7. The predicted molar refractivity (Wildman–Crippen MR) is 137 cm³/mol. The molecule has 34 heavy (non-hydrogen) atoms. The summed E-state index contributed by atoms with van der Waals surface area (Å²) < 4.78 is 28.6. The highest BCUT2D eigenvalue weighted by Gasteiger charge is 2.32. The maximum absolute atomic E-state index is 13.5. The first kappa shape index (κ1) is 24.6. The van der Waals surface area contributed by atoms with Gasteiger partial charge in [-0.1, -0.05) is 41.4 Å². The topological polar surface area (TPSA) is 66.4 Å². The van der Waals surface area contributed by atoms with Crippen LogP contribution in [0.15, 0.2) is 41.3 Å². The Labute approximate surface area is 207 Å². The molecule has 1 aliphatic heterocycles. The molecule has 0 bridgehead atoms. The van der Waals surface area contributed by atoms with Crippen LogP contribution in [-0.2, 0) is 16.4 Å². The zero-order valence-electron chi connectivity index (χ0n) is 20.4. The summed E-state index contributed by atoms with van der Waals surface area (Å²) in [5.41, 5.74) is 5.81. The van der Waals surface area contributed by atoms with Crippen LogP contribution >= 0.6 is 11.6 Å². The first-order valence-electron chi connectivity index (χ1n) is 11.5. The van der Waals surface area contributed by atoms with Crippen LogP contribution in [-0.4, -0.2) is 48.9 Å². The first-order chi connectivity index (χ1) is 16.1. The largest absolute Gasteiger partial charge is 0.354 e. The lowest BCUT2D eigenvalue weighted by Gasteiger charge is -2.36. The monoisotopic (exact) mass is 498 g/mol. The van der Waals surface area contributed by atoms with Crippen LogP contribution in [0.25, 0.3) is 0 Å². The average Bonchev–Trinajstić information content (AvgIpc) is 2.76. The average molecular weight is 499 g/mol. The van der Waals surface area contributed by atoms with Crippen molar-refractivity contribution >= 4 is 27.4 Å². The van der Waals surface area contributed by atoms with Crippen LogP contribution in [0.5, 0.6) is 0 Å². The van der Waals surface area contributed by atoms with E-state index in [1.807, 2.05) is 71.0 Å². The highest BCUT2D eigenvalue weighted by atomic mass is 35.5. The molecule has 6 nitrogen and oxygen atoms in total. The Morgan fingerprint density at radius 3 is 2.06 bits per heavy atom. The smallest absolute Gasteiger partial charge is 0.243 e. The van der Waals surface area contributed by atoms with E-state index in [4.69, 9.17) is 16.6 Å². The van der Waals surface area contributed by atoms with Crippen molar-refractivity contribution in [1.29, 1.82) is 0 Å². The SMILES string of the molecule is Cc1cc(C)c(S(=O)(=O)N2CCN(c3nc(C)nc(C)c3Cc3ccc(Cl)cc3)CC2)c(C)c1. The summed E-state index contributed by atoms with van der Waals surface area (Å²) in [7, 11) is -3.56. The molecule has 8 heteroatoms. The van der Waals surface area contributed by atoms with Crippen molar-refractivity contribution in [3.8, 4) is 0 Å². The Hall–Kier alpha value is -2.48. The van der Waals surface area contributed by atoms with Gasteiger partial charge in [-0.15, -0.1) is 0 Å². The van der Waals surface area contributed by atoms with Crippen LogP contribution in [0, 0.1) is 34.6 Å². The van der Waals surface area contributed by atoms with Gasteiger partial charge in [0.05, 0.1) is 4.90 Å². The Morgan fingerprint density at radius 2 is 1.47 bits per heavy atom. The van der Waals surface area contributed by atoms with Crippen LogP contribution in [0.1, 0.15) is 39.3 Å². The number of hydrogen-bond acceptors (Lipinski definition) is 5. The molecule has 0 radical (unpaired) electrons. The second-order valence-electron chi connectivity index (χ2n) is 9.08. The molecule has 1 aliphatic rings.